The quantitative estimate of drug-likeness (QED) is 0.410. The lowest BCUT2D eigenvalue weighted by molar-refractivity contribution is -0.384. The Labute approximate surface area is 182 Å². The molecule has 0 atom stereocenters. The third-order valence-electron chi connectivity index (χ3n) is 5.00. The van der Waals surface area contributed by atoms with E-state index in [1.165, 1.54) is 12.1 Å². The minimum absolute atomic E-state index is 0.0565. The van der Waals surface area contributed by atoms with Crippen molar-refractivity contribution >= 4 is 40.5 Å². The number of halogens is 2. The molecule has 7 nitrogen and oxygen atoms in total. The van der Waals surface area contributed by atoms with Crippen LogP contribution in [0.2, 0.25) is 10.0 Å². The number of rotatable bonds is 4. The van der Waals surface area contributed by atoms with Crippen LogP contribution in [-0.4, -0.2) is 41.9 Å². The van der Waals surface area contributed by atoms with Gasteiger partial charge in [-0.15, -0.1) is 0 Å². The molecular formula is C21H17Cl2N3O4. The summed E-state index contributed by atoms with van der Waals surface area (Å²) >= 11 is 12.2. The zero-order valence-corrected chi connectivity index (χ0v) is 17.3. The lowest BCUT2D eigenvalue weighted by Crippen LogP contribution is -2.48. The first-order valence-corrected chi connectivity index (χ1v) is 10.0. The fourth-order valence-corrected chi connectivity index (χ4v) is 3.78. The summed E-state index contributed by atoms with van der Waals surface area (Å²) < 4.78 is 5.76. The number of amides is 1. The highest BCUT2D eigenvalue weighted by Gasteiger charge is 2.25. The average molecular weight is 446 g/mol. The van der Waals surface area contributed by atoms with Gasteiger partial charge in [0.15, 0.2) is 5.76 Å². The van der Waals surface area contributed by atoms with Gasteiger partial charge in [-0.2, -0.15) is 0 Å². The Morgan fingerprint density at radius 1 is 0.967 bits per heavy atom. The van der Waals surface area contributed by atoms with Gasteiger partial charge in [0.25, 0.3) is 11.6 Å². The van der Waals surface area contributed by atoms with Crippen molar-refractivity contribution in [3.8, 4) is 11.3 Å². The van der Waals surface area contributed by atoms with Crippen LogP contribution < -0.4 is 4.90 Å². The van der Waals surface area contributed by atoms with Crippen molar-refractivity contribution in [3.63, 3.8) is 0 Å². The van der Waals surface area contributed by atoms with Crippen molar-refractivity contribution in [2.24, 2.45) is 0 Å². The van der Waals surface area contributed by atoms with Gasteiger partial charge in [0.1, 0.15) is 5.76 Å². The molecule has 30 heavy (non-hydrogen) atoms. The highest BCUT2D eigenvalue weighted by atomic mass is 35.5. The molecule has 0 unspecified atom stereocenters. The zero-order valence-electron chi connectivity index (χ0n) is 15.8. The highest BCUT2D eigenvalue weighted by Crippen LogP contribution is 2.32. The molecule has 9 heteroatoms. The number of benzene rings is 2. The van der Waals surface area contributed by atoms with Crippen molar-refractivity contribution < 1.29 is 14.1 Å². The van der Waals surface area contributed by atoms with Gasteiger partial charge in [0, 0.05) is 54.6 Å². The van der Waals surface area contributed by atoms with Crippen LogP contribution in [0, 0.1) is 10.1 Å². The molecule has 2 aromatic carbocycles. The fourth-order valence-electron chi connectivity index (χ4n) is 3.39. The summed E-state index contributed by atoms with van der Waals surface area (Å²) in [6.45, 7) is 2.28. The van der Waals surface area contributed by atoms with Crippen LogP contribution in [0.15, 0.2) is 59.0 Å². The Balaban J connectivity index is 1.42. The van der Waals surface area contributed by atoms with Crippen molar-refractivity contribution in [2.45, 2.75) is 0 Å². The molecule has 0 aliphatic carbocycles. The third-order valence-corrected chi connectivity index (χ3v) is 5.57. The van der Waals surface area contributed by atoms with Gasteiger partial charge in [-0.05, 0) is 42.5 Å². The second-order valence-electron chi connectivity index (χ2n) is 6.84. The van der Waals surface area contributed by atoms with Gasteiger partial charge in [-0.25, -0.2) is 0 Å². The number of carbonyl (C=O) groups is 1. The number of hydrogen-bond acceptors (Lipinski definition) is 5. The van der Waals surface area contributed by atoms with Gasteiger partial charge < -0.3 is 14.2 Å². The Bertz CT molecular complexity index is 1090. The number of nitrogens with zero attached hydrogens (tertiary/aromatic N) is 3. The molecule has 0 radical (unpaired) electrons. The predicted molar refractivity (Wildman–Crippen MR) is 115 cm³/mol. The van der Waals surface area contributed by atoms with E-state index < -0.39 is 4.92 Å². The number of anilines is 1. The molecule has 1 fully saturated rings. The van der Waals surface area contributed by atoms with Crippen LogP contribution in [0.1, 0.15) is 10.6 Å². The van der Waals surface area contributed by atoms with Gasteiger partial charge in [-0.1, -0.05) is 23.2 Å². The molecule has 2 heterocycles. The first-order chi connectivity index (χ1) is 14.4. The molecule has 0 bridgehead atoms. The molecule has 0 saturated carbocycles. The standard InChI is InChI=1S/C21H17Cl2N3O4/c22-14-1-6-18(23)17(13-14)19-7-8-20(30-19)21(27)25-11-9-24(10-12-25)15-2-4-16(5-3-15)26(28)29/h1-8,13H,9-12H2. The van der Waals surface area contributed by atoms with Crippen LogP contribution in [0.25, 0.3) is 11.3 Å². The molecule has 1 amide bonds. The molecule has 0 spiro atoms. The number of furan rings is 1. The van der Waals surface area contributed by atoms with Crippen LogP contribution in [0.5, 0.6) is 0 Å². The number of hydrogen-bond donors (Lipinski definition) is 0. The van der Waals surface area contributed by atoms with E-state index in [0.717, 1.165) is 5.69 Å². The Morgan fingerprint density at radius 3 is 2.33 bits per heavy atom. The fraction of sp³-hybridized carbons (Fsp3) is 0.190. The van der Waals surface area contributed by atoms with Gasteiger partial charge in [-0.3, -0.25) is 14.9 Å². The number of nitro groups is 1. The maximum absolute atomic E-state index is 12.8. The van der Waals surface area contributed by atoms with E-state index in [4.69, 9.17) is 27.6 Å². The average Bonchev–Trinajstić information content (AvgIpc) is 3.25. The number of carbonyl (C=O) groups excluding carboxylic acids is 1. The van der Waals surface area contributed by atoms with E-state index in [1.54, 1.807) is 47.4 Å². The number of non-ortho nitro benzene ring substituents is 1. The molecule has 1 aliphatic heterocycles. The Morgan fingerprint density at radius 2 is 1.67 bits per heavy atom. The van der Waals surface area contributed by atoms with E-state index >= 15 is 0 Å². The topological polar surface area (TPSA) is 79.8 Å². The first-order valence-electron chi connectivity index (χ1n) is 9.26. The van der Waals surface area contributed by atoms with E-state index in [1.807, 2.05) is 0 Å². The second kappa shape index (κ2) is 8.38. The maximum atomic E-state index is 12.8. The summed E-state index contributed by atoms with van der Waals surface area (Å²) in [6.07, 6.45) is 0. The van der Waals surface area contributed by atoms with Gasteiger partial charge in [0.2, 0.25) is 0 Å². The summed E-state index contributed by atoms with van der Waals surface area (Å²) in [5.74, 6) is 0.531. The van der Waals surface area contributed by atoms with Crippen molar-refractivity contribution in [1.29, 1.82) is 0 Å². The van der Waals surface area contributed by atoms with Crippen LogP contribution in [-0.2, 0) is 0 Å². The summed E-state index contributed by atoms with van der Waals surface area (Å²) in [7, 11) is 0. The smallest absolute Gasteiger partial charge is 0.289 e. The lowest BCUT2D eigenvalue weighted by atomic mass is 10.2. The Kier molecular flexibility index (Phi) is 5.65. The summed E-state index contributed by atoms with van der Waals surface area (Å²) in [4.78, 5) is 27.0. The van der Waals surface area contributed by atoms with E-state index in [0.29, 0.717) is 47.5 Å². The van der Waals surface area contributed by atoms with Crippen molar-refractivity contribution in [1.82, 2.24) is 4.90 Å². The number of nitro benzene ring substituents is 1. The van der Waals surface area contributed by atoms with Crippen molar-refractivity contribution in [2.75, 3.05) is 31.1 Å². The molecule has 3 aromatic rings. The van der Waals surface area contributed by atoms with Gasteiger partial charge in [0.05, 0.1) is 9.95 Å². The zero-order chi connectivity index (χ0) is 21.3. The SMILES string of the molecule is O=C(c1ccc(-c2cc(Cl)ccc2Cl)o1)N1CCN(c2ccc([N+](=O)[O-])cc2)CC1. The lowest BCUT2D eigenvalue weighted by Gasteiger charge is -2.35. The third kappa shape index (κ3) is 4.13. The number of piperazine rings is 1. The van der Waals surface area contributed by atoms with Crippen molar-refractivity contribution in [3.05, 3.63) is 80.5 Å². The van der Waals surface area contributed by atoms with Crippen LogP contribution in [0.4, 0.5) is 11.4 Å². The minimum atomic E-state index is -0.422. The van der Waals surface area contributed by atoms with Crippen LogP contribution >= 0.6 is 23.2 Å². The first kappa shape index (κ1) is 20.3. The molecular weight excluding hydrogens is 429 g/mol. The highest BCUT2D eigenvalue weighted by molar-refractivity contribution is 6.35. The normalized spacial score (nSPS) is 14.1. The maximum Gasteiger partial charge on any atom is 0.289 e. The molecule has 1 saturated heterocycles. The van der Waals surface area contributed by atoms with E-state index in [2.05, 4.69) is 4.90 Å². The summed E-state index contributed by atoms with van der Waals surface area (Å²) in [6, 6.07) is 14.8. The largest absolute Gasteiger partial charge is 0.451 e. The van der Waals surface area contributed by atoms with E-state index in [9.17, 15) is 14.9 Å². The monoisotopic (exact) mass is 445 g/mol. The molecule has 154 valence electrons. The minimum Gasteiger partial charge on any atom is -0.451 e. The van der Waals surface area contributed by atoms with Gasteiger partial charge >= 0.3 is 0 Å². The van der Waals surface area contributed by atoms with E-state index in [-0.39, 0.29) is 17.4 Å². The Hall–Kier alpha value is -3.03. The molecule has 1 aliphatic rings. The molecule has 4 rings (SSSR count). The second-order valence-corrected chi connectivity index (χ2v) is 7.68. The summed E-state index contributed by atoms with van der Waals surface area (Å²) in [5, 5.41) is 11.8. The molecule has 0 N–H and O–H groups in total. The summed E-state index contributed by atoms with van der Waals surface area (Å²) in [5.41, 5.74) is 1.58. The molecule has 1 aromatic heterocycles. The predicted octanol–water partition coefficient (Wildman–Crippen LogP) is 5.12. The van der Waals surface area contributed by atoms with Crippen LogP contribution in [0.3, 0.4) is 0 Å².